The fraction of sp³-hybridized carbons (Fsp3) is 0.562. The van der Waals surface area contributed by atoms with Gasteiger partial charge in [0, 0.05) is 22.8 Å². The van der Waals surface area contributed by atoms with Crippen molar-refractivity contribution in [3.05, 3.63) is 35.6 Å². The van der Waals surface area contributed by atoms with E-state index in [0.29, 0.717) is 34.7 Å². The summed E-state index contributed by atoms with van der Waals surface area (Å²) in [6.07, 6.45) is 5.72. The lowest BCUT2D eigenvalue weighted by Gasteiger charge is -2.26. The zero-order chi connectivity index (χ0) is 13.2. The first-order valence-corrected chi connectivity index (χ1v) is 8.08. The fourth-order valence-electron chi connectivity index (χ4n) is 3.28. The minimum atomic E-state index is -0.186. The van der Waals surface area contributed by atoms with Crippen LogP contribution in [0, 0.1) is 11.7 Å². The van der Waals surface area contributed by atoms with Gasteiger partial charge in [0.1, 0.15) is 11.6 Å². The van der Waals surface area contributed by atoms with E-state index in [1.54, 1.807) is 12.1 Å². The molecule has 2 fully saturated rings. The molecule has 2 bridgehead atoms. The number of hydrogen-bond donors (Lipinski definition) is 0. The van der Waals surface area contributed by atoms with Crippen LogP contribution < -0.4 is 0 Å². The van der Waals surface area contributed by atoms with E-state index in [2.05, 4.69) is 11.8 Å². The predicted molar refractivity (Wildman–Crippen MR) is 76.9 cm³/mol. The number of rotatable bonds is 4. The Morgan fingerprint density at radius 2 is 1.89 bits per heavy atom. The molecule has 0 amide bonds. The van der Waals surface area contributed by atoms with Gasteiger partial charge in [-0.25, -0.2) is 4.39 Å². The lowest BCUT2D eigenvalue weighted by atomic mass is 9.91. The Morgan fingerprint density at radius 3 is 2.58 bits per heavy atom. The first kappa shape index (κ1) is 13.2. The van der Waals surface area contributed by atoms with Crippen LogP contribution in [0.4, 0.5) is 4.39 Å². The monoisotopic (exact) mass is 278 g/mol. The molecule has 2 aliphatic rings. The third-order valence-electron chi connectivity index (χ3n) is 4.34. The summed E-state index contributed by atoms with van der Waals surface area (Å²) in [5.74, 6) is 0.403. The highest BCUT2D eigenvalue weighted by Crippen LogP contribution is 2.46. The van der Waals surface area contributed by atoms with Gasteiger partial charge in [0.05, 0.1) is 0 Å². The maximum atomic E-state index is 13.5. The van der Waals surface area contributed by atoms with Crippen LogP contribution >= 0.6 is 11.8 Å². The molecule has 1 nitrogen and oxygen atoms in total. The summed E-state index contributed by atoms with van der Waals surface area (Å²) in [4.78, 5) is 12.3. The Kier molecular flexibility index (Phi) is 3.92. The molecule has 19 heavy (non-hydrogen) atoms. The van der Waals surface area contributed by atoms with E-state index in [-0.39, 0.29) is 11.7 Å². The largest absolute Gasteiger partial charge is 0.299 e. The molecule has 2 aliphatic heterocycles. The van der Waals surface area contributed by atoms with Crippen molar-refractivity contribution in [1.82, 2.24) is 0 Å². The number of benzene rings is 1. The number of fused-ring (bicyclic) bond motifs is 2. The van der Waals surface area contributed by atoms with Gasteiger partial charge >= 0.3 is 0 Å². The van der Waals surface area contributed by atoms with Crippen LogP contribution in [0.25, 0.3) is 0 Å². The van der Waals surface area contributed by atoms with Gasteiger partial charge in [-0.3, -0.25) is 4.79 Å². The first-order valence-electron chi connectivity index (χ1n) is 7.14. The molecule has 102 valence electrons. The van der Waals surface area contributed by atoms with E-state index in [1.807, 2.05) is 6.07 Å². The number of hydrogen-bond acceptors (Lipinski definition) is 2. The number of ketones is 1. The Labute approximate surface area is 118 Å². The number of aryl methyl sites for hydroxylation is 1. The zero-order valence-corrected chi connectivity index (χ0v) is 11.8. The molecule has 2 saturated heterocycles. The van der Waals surface area contributed by atoms with Gasteiger partial charge in [-0.1, -0.05) is 18.2 Å². The third-order valence-corrected chi connectivity index (χ3v) is 5.97. The Hall–Kier alpha value is -0.830. The van der Waals surface area contributed by atoms with Crippen LogP contribution in [0.3, 0.4) is 0 Å². The van der Waals surface area contributed by atoms with Crippen molar-refractivity contribution in [1.29, 1.82) is 0 Å². The Bertz CT molecular complexity index is 462. The lowest BCUT2D eigenvalue weighted by molar-refractivity contribution is -0.123. The highest BCUT2D eigenvalue weighted by Gasteiger charge is 2.37. The van der Waals surface area contributed by atoms with Crippen LogP contribution in [0.2, 0.25) is 0 Å². The van der Waals surface area contributed by atoms with Gasteiger partial charge in [0.25, 0.3) is 0 Å². The van der Waals surface area contributed by atoms with Crippen molar-refractivity contribution >= 4 is 17.5 Å². The molecular formula is C16H19FOS. The maximum absolute atomic E-state index is 13.5. The Balaban J connectivity index is 1.56. The van der Waals surface area contributed by atoms with Crippen molar-refractivity contribution < 1.29 is 9.18 Å². The van der Waals surface area contributed by atoms with Crippen molar-refractivity contribution in [2.45, 2.75) is 49.0 Å². The summed E-state index contributed by atoms with van der Waals surface area (Å²) >= 11 is 2.08. The highest BCUT2D eigenvalue weighted by molar-refractivity contribution is 8.00. The smallest absolute Gasteiger partial charge is 0.136 e. The molecule has 2 heterocycles. The Morgan fingerprint density at radius 1 is 1.21 bits per heavy atom. The van der Waals surface area contributed by atoms with E-state index >= 15 is 0 Å². The third kappa shape index (κ3) is 3.02. The van der Waals surface area contributed by atoms with Gasteiger partial charge < -0.3 is 0 Å². The van der Waals surface area contributed by atoms with E-state index in [4.69, 9.17) is 0 Å². The number of thioether (sulfide) groups is 1. The average Bonchev–Trinajstić information content (AvgIpc) is 2.76. The number of halogens is 1. The fourth-order valence-corrected chi connectivity index (χ4v) is 5.06. The van der Waals surface area contributed by atoms with Crippen LogP contribution in [-0.2, 0) is 11.2 Å². The molecule has 2 atom stereocenters. The topological polar surface area (TPSA) is 17.1 Å². The molecule has 3 heteroatoms. The van der Waals surface area contributed by atoms with E-state index < -0.39 is 0 Å². The second-order valence-corrected chi connectivity index (χ2v) is 7.29. The molecule has 0 spiro atoms. The molecule has 0 aliphatic carbocycles. The van der Waals surface area contributed by atoms with E-state index in [1.165, 1.54) is 18.9 Å². The highest BCUT2D eigenvalue weighted by atomic mass is 32.2. The number of carbonyl (C=O) groups is 1. The quantitative estimate of drug-likeness (QED) is 0.828. The van der Waals surface area contributed by atoms with Gasteiger partial charge in [0.15, 0.2) is 0 Å². The first-order chi connectivity index (χ1) is 9.22. The molecule has 0 N–H and O–H groups in total. The van der Waals surface area contributed by atoms with Gasteiger partial charge in [-0.15, -0.1) is 0 Å². The molecule has 1 aromatic rings. The maximum Gasteiger partial charge on any atom is 0.136 e. The molecule has 0 aromatic heterocycles. The SMILES string of the molecule is O=C(CCc1ccccc1F)C1CC2CCC(C1)S2. The van der Waals surface area contributed by atoms with Crippen molar-refractivity contribution in [3.8, 4) is 0 Å². The summed E-state index contributed by atoms with van der Waals surface area (Å²) in [6.45, 7) is 0. The normalized spacial score (nSPS) is 29.4. The van der Waals surface area contributed by atoms with E-state index in [0.717, 1.165) is 12.8 Å². The zero-order valence-electron chi connectivity index (χ0n) is 11.0. The second-order valence-electron chi connectivity index (χ2n) is 5.68. The summed E-state index contributed by atoms with van der Waals surface area (Å²) in [5.41, 5.74) is 0.670. The number of Topliss-reactive ketones (excluding diaryl/α,β-unsaturated/α-hetero) is 1. The summed E-state index contributed by atoms with van der Waals surface area (Å²) in [7, 11) is 0. The molecule has 3 rings (SSSR count). The van der Waals surface area contributed by atoms with Crippen LogP contribution in [0.15, 0.2) is 24.3 Å². The van der Waals surface area contributed by atoms with E-state index in [9.17, 15) is 9.18 Å². The summed E-state index contributed by atoms with van der Waals surface area (Å²) < 4.78 is 13.5. The molecule has 1 aromatic carbocycles. The standard InChI is InChI=1S/C16H19FOS/c17-15-4-2-1-3-11(15)5-8-16(18)12-9-13-6-7-14(10-12)19-13/h1-4,12-14H,5-10H2. The van der Waals surface area contributed by atoms with Crippen LogP contribution in [0.1, 0.15) is 37.7 Å². The van der Waals surface area contributed by atoms with Crippen LogP contribution in [-0.4, -0.2) is 16.3 Å². The minimum absolute atomic E-state index is 0.186. The van der Waals surface area contributed by atoms with Crippen molar-refractivity contribution in [2.24, 2.45) is 5.92 Å². The van der Waals surface area contributed by atoms with Crippen molar-refractivity contribution in [2.75, 3.05) is 0 Å². The summed E-state index contributed by atoms with van der Waals surface area (Å²) in [6, 6.07) is 6.78. The van der Waals surface area contributed by atoms with Crippen molar-refractivity contribution in [3.63, 3.8) is 0 Å². The van der Waals surface area contributed by atoms with Gasteiger partial charge in [-0.05, 0) is 43.7 Å². The minimum Gasteiger partial charge on any atom is -0.299 e. The molecule has 0 radical (unpaired) electrons. The van der Waals surface area contributed by atoms with Gasteiger partial charge in [0.2, 0.25) is 0 Å². The molecular weight excluding hydrogens is 259 g/mol. The number of carbonyl (C=O) groups excluding carboxylic acids is 1. The van der Waals surface area contributed by atoms with Crippen LogP contribution in [0.5, 0.6) is 0 Å². The second kappa shape index (κ2) is 5.66. The molecule has 2 unspecified atom stereocenters. The lowest BCUT2D eigenvalue weighted by Crippen LogP contribution is -2.25. The molecule has 0 saturated carbocycles. The summed E-state index contributed by atoms with van der Waals surface area (Å²) in [5, 5.41) is 1.42. The average molecular weight is 278 g/mol. The predicted octanol–water partition coefficient (Wildman–Crippen LogP) is 4.00. The van der Waals surface area contributed by atoms with Gasteiger partial charge in [-0.2, -0.15) is 11.8 Å².